The zero-order chi connectivity index (χ0) is 7.56. The highest BCUT2D eigenvalue weighted by Crippen LogP contribution is 2.11. The third-order valence-electron chi connectivity index (χ3n) is 1.23. The summed E-state index contributed by atoms with van der Waals surface area (Å²) in [6, 6.07) is 2.05. The number of aromatic nitrogens is 2. The maximum atomic E-state index is 3.98. The van der Waals surface area contributed by atoms with Crippen molar-refractivity contribution < 1.29 is 0 Å². The molecule has 0 aliphatic carbocycles. The molecule has 3 heteroatoms. The molecule has 0 atom stereocenters. The number of hydrogen-bond acceptors (Lipinski definition) is 2. The molecule has 0 spiro atoms. The van der Waals surface area contributed by atoms with Gasteiger partial charge in [-0.15, -0.1) is 0 Å². The molecule has 1 aromatic rings. The van der Waals surface area contributed by atoms with Gasteiger partial charge in [0, 0.05) is 3.57 Å². The van der Waals surface area contributed by atoms with Gasteiger partial charge in [-0.05, 0) is 34.6 Å². The summed E-state index contributed by atoms with van der Waals surface area (Å²) in [6.45, 7) is 4.22. The van der Waals surface area contributed by atoms with E-state index in [-0.39, 0.29) is 0 Å². The molecule has 0 fully saturated rings. The summed E-state index contributed by atoms with van der Waals surface area (Å²) in [4.78, 5) is 0. The molecule has 0 aliphatic heterocycles. The minimum atomic E-state index is 0.474. The van der Waals surface area contributed by atoms with Crippen LogP contribution in [0.4, 0.5) is 0 Å². The van der Waals surface area contributed by atoms with Gasteiger partial charge in [-0.25, -0.2) is 0 Å². The second-order valence-corrected chi connectivity index (χ2v) is 3.70. The molecular weight excluding hydrogens is 239 g/mol. The van der Waals surface area contributed by atoms with Crippen LogP contribution < -0.4 is 0 Å². The van der Waals surface area contributed by atoms with Crippen molar-refractivity contribution in [3.05, 3.63) is 21.5 Å². The fourth-order valence-electron chi connectivity index (χ4n) is 0.640. The fraction of sp³-hybridized carbons (Fsp3) is 0.429. The van der Waals surface area contributed by atoms with E-state index in [1.54, 1.807) is 6.20 Å². The van der Waals surface area contributed by atoms with Crippen molar-refractivity contribution in [1.82, 2.24) is 10.2 Å². The molecule has 0 radical (unpaired) electrons. The maximum Gasteiger partial charge on any atom is 0.0667 e. The first kappa shape index (κ1) is 7.91. The molecule has 0 saturated carbocycles. The van der Waals surface area contributed by atoms with E-state index < -0.39 is 0 Å². The number of halogens is 1. The summed E-state index contributed by atoms with van der Waals surface area (Å²) in [5.74, 6) is 0.474. The molecule has 1 heterocycles. The lowest BCUT2D eigenvalue weighted by atomic mass is 10.1. The monoisotopic (exact) mass is 248 g/mol. The Morgan fingerprint density at radius 1 is 1.50 bits per heavy atom. The molecule has 10 heavy (non-hydrogen) atoms. The minimum Gasteiger partial charge on any atom is -0.158 e. The largest absolute Gasteiger partial charge is 0.158 e. The maximum absolute atomic E-state index is 3.98. The van der Waals surface area contributed by atoms with E-state index in [2.05, 4.69) is 52.7 Å². The van der Waals surface area contributed by atoms with E-state index in [1.807, 2.05) is 0 Å². The Bertz CT molecular complexity index is 223. The second kappa shape index (κ2) is 3.27. The molecule has 2 nitrogen and oxygen atoms in total. The topological polar surface area (TPSA) is 25.8 Å². The summed E-state index contributed by atoms with van der Waals surface area (Å²) in [5.41, 5.74) is 1.06. The van der Waals surface area contributed by atoms with Gasteiger partial charge in [-0.2, -0.15) is 10.2 Å². The highest BCUT2D eigenvalue weighted by atomic mass is 127. The Hall–Kier alpha value is -0.190. The lowest BCUT2D eigenvalue weighted by Crippen LogP contribution is -1.94. The van der Waals surface area contributed by atoms with Crippen molar-refractivity contribution in [2.75, 3.05) is 0 Å². The van der Waals surface area contributed by atoms with Crippen LogP contribution in [0.15, 0.2) is 12.3 Å². The van der Waals surface area contributed by atoms with Crippen LogP contribution >= 0.6 is 22.6 Å². The van der Waals surface area contributed by atoms with Crippen LogP contribution in [-0.2, 0) is 0 Å². The van der Waals surface area contributed by atoms with Crippen LogP contribution in [0.25, 0.3) is 0 Å². The van der Waals surface area contributed by atoms with Crippen LogP contribution in [0.1, 0.15) is 25.5 Å². The van der Waals surface area contributed by atoms with Gasteiger partial charge in [0.2, 0.25) is 0 Å². The number of rotatable bonds is 1. The zero-order valence-electron chi connectivity index (χ0n) is 6.00. The van der Waals surface area contributed by atoms with E-state index >= 15 is 0 Å². The summed E-state index contributed by atoms with van der Waals surface area (Å²) in [7, 11) is 0. The zero-order valence-corrected chi connectivity index (χ0v) is 8.16. The first-order valence-corrected chi connectivity index (χ1v) is 4.26. The van der Waals surface area contributed by atoms with E-state index in [0.29, 0.717) is 5.92 Å². The van der Waals surface area contributed by atoms with Gasteiger partial charge in [0.15, 0.2) is 0 Å². The van der Waals surface area contributed by atoms with Crippen LogP contribution in [0.5, 0.6) is 0 Å². The summed E-state index contributed by atoms with van der Waals surface area (Å²) in [5, 5.41) is 7.83. The summed E-state index contributed by atoms with van der Waals surface area (Å²) in [6.07, 6.45) is 1.76. The third kappa shape index (κ3) is 1.90. The van der Waals surface area contributed by atoms with Crippen molar-refractivity contribution in [2.24, 2.45) is 0 Å². The Kier molecular flexibility index (Phi) is 2.59. The van der Waals surface area contributed by atoms with Crippen molar-refractivity contribution in [2.45, 2.75) is 19.8 Å². The molecule has 0 unspecified atom stereocenters. The molecule has 54 valence electrons. The van der Waals surface area contributed by atoms with Crippen LogP contribution in [0, 0.1) is 3.57 Å². The molecule has 0 bridgehead atoms. The lowest BCUT2D eigenvalue weighted by molar-refractivity contribution is 0.782. The van der Waals surface area contributed by atoms with Crippen molar-refractivity contribution in [3.63, 3.8) is 0 Å². The summed E-state index contributed by atoms with van der Waals surface area (Å²) < 4.78 is 1.15. The Labute approximate surface area is 74.2 Å². The van der Waals surface area contributed by atoms with Crippen LogP contribution in [-0.4, -0.2) is 10.2 Å². The second-order valence-electron chi connectivity index (χ2n) is 2.45. The molecule has 1 rings (SSSR count). The molecule has 0 N–H and O–H groups in total. The van der Waals surface area contributed by atoms with Gasteiger partial charge < -0.3 is 0 Å². The Balaban J connectivity index is 2.96. The molecule has 0 aromatic carbocycles. The quantitative estimate of drug-likeness (QED) is 0.712. The predicted octanol–water partition coefficient (Wildman–Crippen LogP) is 2.20. The van der Waals surface area contributed by atoms with Gasteiger partial charge in [-0.3, -0.25) is 0 Å². The normalized spacial score (nSPS) is 10.4. The number of hydrogen-bond donors (Lipinski definition) is 0. The van der Waals surface area contributed by atoms with Gasteiger partial charge in [0.05, 0.1) is 11.9 Å². The number of nitrogens with zero attached hydrogens (tertiary/aromatic N) is 2. The average molecular weight is 248 g/mol. The third-order valence-corrected chi connectivity index (χ3v) is 1.82. The lowest BCUT2D eigenvalue weighted by Gasteiger charge is -2.00. The minimum absolute atomic E-state index is 0.474. The van der Waals surface area contributed by atoms with E-state index in [4.69, 9.17) is 0 Å². The van der Waals surface area contributed by atoms with Crippen LogP contribution in [0.2, 0.25) is 0 Å². The molecule has 0 amide bonds. The van der Waals surface area contributed by atoms with Crippen LogP contribution in [0.3, 0.4) is 0 Å². The molecule has 0 aliphatic rings. The first-order chi connectivity index (χ1) is 4.70. The Morgan fingerprint density at radius 3 is 2.60 bits per heavy atom. The Morgan fingerprint density at radius 2 is 2.20 bits per heavy atom. The molecule has 1 aromatic heterocycles. The van der Waals surface area contributed by atoms with Crippen molar-refractivity contribution in [1.29, 1.82) is 0 Å². The van der Waals surface area contributed by atoms with Crippen molar-refractivity contribution in [3.8, 4) is 0 Å². The standard InChI is InChI=1S/C7H9IN2/c1-5(2)7-3-6(8)4-9-10-7/h3-5H,1-2H3. The molecular formula is C7H9IN2. The first-order valence-electron chi connectivity index (χ1n) is 3.18. The summed E-state index contributed by atoms with van der Waals surface area (Å²) >= 11 is 2.24. The van der Waals surface area contributed by atoms with Gasteiger partial charge in [0.25, 0.3) is 0 Å². The average Bonchev–Trinajstić information content (AvgIpc) is 1.88. The SMILES string of the molecule is CC(C)c1cc(I)cnn1. The molecule has 0 saturated heterocycles. The van der Waals surface area contributed by atoms with Gasteiger partial charge >= 0.3 is 0 Å². The van der Waals surface area contributed by atoms with Gasteiger partial charge in [-0.1, -0.05) is 13.8 Å². The smallest absolute Gasteiger partial charge is 0.0667 e. The van der Waals surface area contributed by atoms with E-state index in [9.17, 15) is 0 Å². The van der Waals surface area contributed by atoms with E-state index in [1.165, 1.54) is 0 Å². The van der Waals surface area contributed by atoms with Gasteiger partial charge in [0.1, 0.15) is 0 Å². The highest BCUT2D eigenvalue weighted by Gasteiger charge is 1.99. The fourth-order valence-corrected chi connectivity index (χ4v) is 1.08. The predicted molar refractivity (Wildman–Crippen MR) is 48.8 cm³/mol. The highest BCUT2D eigenvalue weighted by molar-refractivity contribution is 14.1. The van der Waals surface area contributed by atoms with E-state index in [0.717, 1.165) is 9.26 Å². The van der Waals surface area contributed by atoms with Crippen molar-refractivity contribution >= 4 is 22.6 Å².